The Morgan fingerprint density at radius 3 is 1.32 bits per heavy atom. The van der Waals surface area contributed by atoms with Crippen LogP contribution in [0.5, 0.6) is 0 Å². The minimum Gasteiger partial charge on any atom is -0.436 e. The molecular weight excluding hydrogens is 420 g/mol. The lowest BCUT2D eigenvalue weighted by molar-refractivity contribution is 0.619. The third-order valence-corrected chi connectivity index (χ3v) is 6.02. The molecule has 2 heterocycles. The lowest BCUT2D eigenvalue weighted by atomic mass is 10.1. The van der Waals surface area contributed by atoms with Crippen LogP contribution in [0.3, 0.4) is 0 Å². The maximum atomic E-state index is 5.94. The Morgan fingerprint density at radius 1 is 0.529 bits per heavy atom. The number of hydrogen-bond acceptors (Lipinski definition) is 4. The van der Waals surface area contributed by atoms with E-state index in [2.05, 4.69) is 46.4 Å². The normalized spacial score (nSPS) is 11.7. The van der Waals surface area contributed by atoms with Crippen LogP contribution in [-0.2, 0) is 0 Å². The average Bonchev–Trinajstić information content (AvgIpc) is 3.50. The van der Waals surface area contributed by atoms with E-state index in [4.69, 9.17) is 8.83 Å². The van der Waals surface area contributed by atoms with E-state index in [-0.39, 0.29) is 0 Å². The number of oxazole rings is 2. The second-order valence-corrected chi connectivity index (χ2v) is 8.46. The van der Waals surface area contributed by atoms with Crippen molar-refractivity contribution >= 4 is 34.4 Å². The van der Waals surface area contributed by atoms with Gasteiger partial charge in [0.2, 0.25) is 11.8 Å². The topological polar surface area (TPSA) is 52.1 Å². The summed E-state index contributed by atoms with van der Waals surface area (Å²) >= 11 is 0. The standard InChI is InChI=1S/C30H22N2O2/c1-19-5-3-7-25-27(19)31-29(33-25)23-15-11-21(12-16-23)9-10-22-13-17-24(18-14-22)30-32-28-20(2)6-4-8-26(28)34-30/h3-18H,1-2H3/b10-9+. The van der Waals surface area contributed by atoms with Crippen LogP contribution in [0, 0.1) is 13.8 Å². The fourth-order valence-electron chi connectivity index (χ4n) is 4.09. The molecule has 0 saturated carbocycles. The Morgan fingerprint density at radius 2 is 0.941 bits per heavy atom. The first-order valence-corrected chi connectivity index (χ1v) is 11.3. The predicted molar refractivity (Wildman–Crippen MR) is 137 cm³/mol. The molecule has 2 aromatic heterocycles. The van der Waals surface area contributed by atoms with Gasteiger partial charge in [-0.3, -0.25) is 0 Å². The molecule has 0 saturated heterocycles. The number of benzene rings is 4. The van der Waals surface area contributed by atoms with Crippen molar-refractivity contribution in [3.8, 4) is 22.9 Å². The van der Waals surface area contributed by atoms with Crippen molar-refractivity contribution in [3.63, 3.8) is 0 Å². The summed E-state index contributed by atoms with van der Waals surface area (Å²) in [5.74, 6) is 1.29. The van der Waals surface area contributed by atoms with E-state index in [1.54, 1.807) is 0 Å². The van der Waals surface area contributed by atoms with Crippen LogP contribution >= 0.6 is 0 Å². The SMILES string of the molecule is Cc1cccc2oc(-c3ccc(/C=C/c4ccc(-c5nc6c(C)cccc6o5)cc4)cc3)nc12. The molecule has 6 rings (SSSR count). The second kappa shape index (κ2) is 8.16. The zero-order chi connectivity index (χ0) is 23.1. The van der Waals surface area contributed by atoms with Crippen molar-refractivity contribution in [1.29, 1.82) is 0 Å². The molecule has 0 atom stereocenters. The molecule has 4 aromatic carbocycles. The molecule has 0 fully saturated rings. The van der Waals surface area contributed by atoms with Crippen molar-refractivity contribution in [1.82, 2.24) is 9.97 Å². The van der Waals surface area contributed by atoms with Gasteiger partial charge in [-0.05, 0) is 72.5 Å². The Bertz CT molecular complexity index is 1530. The van der Waals surface area contributed by atoms with E-state index in [1.165, 1.54) is 0 Å². The summed E-state index contributed by atoms with van der Waals surface area (Å²) < 4.78 is 11.9. The maximum Gasteiger partial charge on any atom is 0.227 e. The summed E-state index contributed by atoms with van der Waals surface area (Å²) in [7, 11) is 0. The van der Waals surface area contributed by atoms with Gasteiger partial charge in [0.25, 0.3) is 0 Å². The number of aryl methyl sites for hydroxylation is 2. The van der Waals surface area contributed by atoms with Crippen molar-refractivity contribution in [2.45, 2.75) is 13.8 Å². The van der Waals surface area contributed by atoms with E-state index >= 15 is 0 Å². The fraction of sp³-hybridized carbons (Fsp3) is 0.0667. The number of hydrogen-bond donors (Lipinski definition) is 0. The molecule has 0 amide bonds. The quantitative estimate of drug-likeness (QED) is 0.259. The van der Waals surface area contributed by atoms with Gasteiger partial charge in [0.05, 0.1) is 0 Å². The summed E-state index contributed by atoms with van der Waals surface area (Å²) in [6.45, 7) is 4.09. The van der Waals surface area contributed by atoms with E-state index in [9.17, 15) is 0 Å². The number of nitrogens with zero attached hydrogens (tertiary/aromatic N) is 2. The monoisotopic (exact) mass is 442 g/mol. The highest BCUT2D eigenvalue weighted by Gasteiger charge is 2.10. The van der Waals surface area contributed by atoms with Crippen molar-refractivity contribution in [3.05, 3.63) is 107 Å². The summed E-state index contributed by atoms with van der Waals surface area (Å²) in [6, 6.07) is 28.4. The summed E-state index contributed by atoms with van der Waals surface area (Å²) in [5, 5.41) is 0. The third kappa shape index (κ3) is 3.69. The summed E-state index contributed by atoms with van der Waals surface area (Å²) in [5.41, 5.74) is 9.83. The van der Waals surface area contributed by atoms with Crippen LogP contribution in [0.2, 0.25) is 0 Å². The van der Waals surface area contributed by atoms with Crippen molar-refractivity contribution < 1.29 is 8.83 Å². The summed E-state index contributed by atoms with van der Waals surface area (Å²) in [4.78, 5) is 9.32. The molecule has 4 heteroatoms. The second-order valence-electron chi connectivity index (χ2n) is 8.46. The van der Waals surface area contributed by atoms with Gasteiger partial charge in [0.1, 0.15) is 11.0 Å². The molecule has 0 radical (unpaired) electrons. The van der Waals surface area contributed by atoms with Gasteiger partial charge < -0.3 is 8.83 Å². The van der Waals surface area contributed by atoms with Gasteiger partial charge in [-0.1, -0.05) is 60.7 Å². The van der Waals surface area contributed by atoms with Gasteiger partial charge in [-0.25, -0.2) is 9.97 Å². The number of para-hydroxylation sites is 2. The maximum absolute atomic E-state index is 5.94. The molecule has 0 aliphatic carbocycles. The van der Waals surface area contributed by atoms with Crippen LogP contribution in [0.4, 0.5) is 0 Å². The molecule has 0 N–H and O–H groups in total. The molecule has 0 aliphatic heterocycles. The van der Waals surface area contributed by atoms with Crippen molar-refractivity contribution in [2.24, 2.45) is 0 Å². The van der Waals surface area contributed by atoms with Crippen LogP contribution in [0.15, 0.2) is 93.8 Å². The van der Waals surface area contributed by atoms with E-state index in [0.29, 0.717) is 11.8 Å². The molecular formula is C30H22N2O2. The summed E-state index contributed by atoms with van der Waals surface area (Å²) in [6.07, 6.45) is 4.19. The Balaban J connectivity index is 1.19. The molecule has 0 spiro atoms. The first kappa shape index (κ1) is 20.2. The fourth-order valence-corrected chi connectivity index (χ4v) is 4.09. The lowest BCUT2D eigenvalue weighted by Crippen LogP contribution is -1.80. The van der Waals surface area contributed by atoms with Gasteiger partial charge in [0.15, 0.2) is 11.2 Å². The first-order valence-electron chi connectivity index (χ1n) is 11.3. The molecule has 0 bridgehead atoms. The smallest absolute Gasteiger partial charge is 0.227 e. The van der Waals surface area contributed by atoms with Gasteiger partial charge in [-0.2, -0.15) is 0 Å². The Kier molecular flexibility index (Phi) is 4.84. The zero-order valence-electron chi connectivity index (χ0n) is 18.9. The van der Waals surface area contributed by atoms with Crippen molar-refractivity contribution in [2.75, 3.05) is 0 Å². The van der Waals surface area contributed by atoms with Crippen LogP contribution in [-0.4, -0.2) is 9.97 Å². The Hall–Kier alpha value is -4.44. The molecule has 164 valence electrons. The number of fused-ring (bicyclic) bond motifs is 2. The zero-order valence-corrected chi connectivity index (χ0v) is 18.9. The molecule has 0 unspecified atom stereocenters. The van der Waals surface area contributed by atoms with E-state index in [0.717, 1.165) is 55.6 Å². The Labute approximate surface area is 197 Å². The van der Waals surface area contributed by atoms with E-state index < -0.39 is 0 Å². The molecule has 4 nitrogen and oxygen atoms in total. The molecule has 0 aliphatic rings. The third-order valence-electron chi connectivity index (χ3n) is 6.02. The predicted octanol–water partition coefficient (Wildman–Crippen LogP) is 8.09. The van der Waals surface area contributed by atoms with E-state index in [1.807, 2.05) is 74.5 Å². The molecule has 34 heavy (non-hydrogen) atoms. The van der Waals surface area contributed by atoms with Crippen LogP contribution in [0.1, 0.15) is 22.3 Å². The average molecular weight is 443 g/mol. The molecule has 6 aromatic rings. The lowest BCUT2D eigenvalue weighted by Gasteiger charge is -1.99. The van der Waals surface area contributed by atoms with Gasteiger partial charge >= 0.3 is 0 Å². The highest BCUT2D eigenvalue weighted by Crippen LogP contribution is 2.28. The minimum atomic E-state index is 0.643. The van der Waals surface area contributed by atoms with Crippen LogP contribution in [0.25, 0.3) is 57.3 Å². The van der Waals surface area contributed by atoms with Gasteiger partial charge in [0, 0.05) is 11.1 Å². The first-order chi connectivity index (χ1) is 16.6. The largest absolute Gasteiger partial charge is 0.436 e. The number of rotatable bonds is 4. The van der Waals surface area contributed by atoms with Crippen LogP contribution < -0.4 is 0 Å². The number of aromatic nitrogens is 2. The minimum absolute atomic E-state index is 0.643. The highest BCUT2D eigenvalue weighted by molar-refractivity contribution is 5.81. The van der Waals surface area contributed by atoms with Gasteiger partial charge in [-0.15, -0.1) is 0 Å². The highest BCUT2D eigenvalue weighted by atomic mass is 16.4.